The molecule has 26 heavy (non-hydrogen) atoms. The molecule has 0 unspecified atom stereocenters. The van der Waals surface area contributed by atoms with Crippen molar-refractivity contribution in [1.82, 2.24) is 14.6 Å². The average Bonchev–Trinajstić information content (AvgIpc) is 2.60. The minimum absolute atomic E-state index is 0.0300. The summed E-state index contributed by atoms with van der Waals surface area (Å²) in [6.45, 7) is 3.84. The molecule has 0 atom stereocenters. The summed E-state index contributed by atoms with van der Waals surface area (Å²) in [6, 6.07) is 4.42. The number of nitrogens with one attached hydrogen (secondary N) is 2. The maximum atomic E-state index is 14.2. The maximum Gasteiger partial charge on any atom is 0.332 e. The topological polar surface area (TPSA) is 94.4 Å². The van der Waals surface area contributed by atoms with Crippen LogP contribution >= 0.6 is 0 Å². The lowest BCUT2D eigenvalue weighted by Crippen LogP contribution is -2.43. The minimum Gasteiger partial charge on any atom is -0.338 e. The lowest BCUT2D eigenvalue weighted by atomic mass is 10.2. The number of hydroxylamine groups is 1. The molecule has 0 spiro atoms. The summed E-state index contributed by atoms with van der Waals surface area (Å²) in [5.41, 5.74) is 1.07. The van der Waals surface area contributed by atoms with Gasteiger partial charge >= 0.3 is 5.69 Å². The fourth-order valence-corrected chi connectivity index (χ4v) is 2.31. The van der Waals surface area contributed by atoms with Crippen LogP contribution in [0.15, 0.2) is 27.8 Å². The van der Waals surface area contributed by atoms with Crippen molar-refractivity contribution in [1.29, 1.82) is 0 Å². The summed E-state index contributed by atoms with van der Waals surface area (Å²) < 4.78 is 16.0. The number of anilines is 2. The number of nitrogens with zero attached hydrogens (tertiary/aromatic N) is 2. The van der Waals surface area contributed by atoms with E-state index in [-0.39, 0.29) is 23.7 Å². The number of hydrogen-bond acceptors (Lipinski definition) is 5. The predicted molar refractivity (Wildman–Crippen MR) is 95.1 cm³/mol. The Morgan fingerprint density at radius 3 is 2.54 bits per heavy atom. The van der Waals surface area contributed by atoms with E-state index in [1.807, 2.05) is 6.92 Å². The summed E-state index contributed by atoms with van der Waals surface area (Å²) in [5, 5.41) is 2.67. The number of benzene rings is 1. The molecular formula is C17H21FN4O4. The van der Waals surface area contributed by atoms with Crippen molar-refractivity contribution in [3.8, 4) is 0 Å². The molecule has 1 heterocycles. The molecule has 0 aliphatic carbocycles. The van der Waals surface area contributed by atoms with Crippen molar-refractivity contribution in [2.75, 3.05) is 11.9 Å². The Kier molecular flexibility index (Phi) is 5.93. The molecule has 2 N–H and O–H groups in total. The molecule has 9 heteroatoms. The third-order valence-corrected chi connectivity index (χ3v) is 3.74. The van der Waals surface area contributed by atoms with Crippen molar-refractivity contribution in [3.63, 3.8) is 0 Å². The van der Waals surface area contributed by atoms with Crippen molar-refractivity contribution in [3.05, 3.63) is 56.0 Å². The average molecular weight is 364 g/mol. The van der Waals surface area contributed by atoms with Gasteiger partial charge in [0.05, 0.1) is 12.3 Å². The molecule has 0 aliphatic rings. The molecule has 2 rings (SSSR count). The maximum absolute atomic E-state index is 14.2. The van der Waals surface area contributed by atoms with Gasteiger partial charge in [0, 0.05) is 14.1 Å². The number of carbonyl (C=O) groups is 1. The smallest absolute Gasteiger partial charge is 0.332 e. The van der Waals surface area contributed by atoms with Crippen LogP contribution < -0.4 is 22.0 Å². The van der Waals surface area contributed by atoms with Gasteiger partial charge in [0.2, 0.25) is 0 Å². The first-order valence-corrected chi connectivity index (χ1v) is 8.03. The minimum atomic E-state index is -0.829. The highest BCUT2D eigenvalue weighted by Gasteiger charge is 2.23. The zero-order valence-corrected chi connectivity index (χ0v) is 15.1. The van der Waals surface area contributed by atoms with Crippen LogP contribution in [0.5, 0.6) is 0 Å². The quantitative estimate of drug-likeness (QED) is 0.596. The second kappa shape index (κ2) is 7.96. The first-order chi connectivity index (χ1) is 12.3. The number of aryl methyl sites for hydroxylation is 1. The van der Waals surface area contributed by atoms with Gasteiger partial charge in [-0.15, -0.1) is 0 Å². The molecule has 0 bridgehead atoms. The number of carbonyl (C=O) groups excluding carboxylic acids is 1. The number of hydrogen-bond donors (Lipinski definition) is 2. The molecule has 0 saturated heterocycles. The van der Waals surface area contributed by atoms with Crippen molar-refractivity contribution in [2.24, 2.45) is 14.1 Å². The molecule has 140 valence electrons. The number of aromatic nitrogens is 2. The molecule has 0 aliphatic heterocycles. The Morgan fingerprint density at radius 2 is 1.92 bits per heavy atom. The van der Waals surface area contributed by atoms with Crippen LogP contribution in [-0.4, -0.2) is 21.6 Å². The van der Waals surface area contributed by atoms with Crippen LogP contribution in [0.2, 0.25) is 0 Å². The van der Waals surface area contributed by atoms with E-state index in [1.54, 1.807) is 13.0 Å². The van der Waals surface area contributed by atoms with Gasteiger partial charge in [0.1, 0.15) is 17.2 Å². The SMILES string of the molecule is CCCONC(=O)c1c(Nc2ccc(C)cc2F)n(C)c(=O)n(C)c1=O. The molecule has 0 saturated carbocycles. The Balaban J connectivity index is 2.57. The van der Waals surface area contributed by atoms with Gasteiger partial charge in [-0.1, -0.05) is 13.0 Å². The van der Waals surface area contributed by atoms with Gasteiger partial charge in [-0.2, -0.15) is 0 Å². The van der Waals surface area contributed by atoms with Crippen molar-refractivity contribution < 1.29 is 14.0 Å². The highest BCUT2D eigenvalue weighted by Crippen LogP contribution is 2.21. The van der Waals surface area contributed by atoms with Crippen LogP contribution in [0.1, 0.15) is 29.3 Å². The highest BCUT2D eigenvalue weighted by atomic mass is 19.1. The van der Waals surface area contributed by atoms with Gasteiger partial charge in [-0.05, 0) is 31.0 Å². The molecule has 1 aromatic carbocycles. The van der Waals surface area contributed by atoms with Gasteiger partial charge in [-0.25, -0.2) is 14.7 Å². The number of halogens is 1. The normalized spacial score (nSPS) is 10.7. The third-order valence-electron chi connectivity index (χ3n) is 3.74. The zero-order chi connectivity index (χ0) is 19.4. The van der Waals surface area contributed by atoms with Crippen molar-refractivity contribution >= 4 is 17.4 Å². The lowest BCUT2D eigenvalue weighted by Gasteiger charge is -2.17. The predicted octanol–water partition coefficient (Wildman–Crippen LogP) is 1.35. The number of amides is 1. The van der Waals surface area contributed by atoms with E-state index in [0.717, 1.165) is 9.13 Å². The van der Waals surface area contributed by atoms with E-state index in [0.29, 0.717) is 12.0 Å². The first-order valence-electron chi connectivity index (χ1n) is 8.03. The van der Waals surface area contributed by atoms with E-state index in [4.69, 9.17) is 4.84 Å². The van der Waals surface area contributed by atoms with E-state index in [2.05, 4.69) is 10.8 Å². The van der Waals surface area contributed by atoms with Crippen LogP contribution in [-0.2, 0) is 18.9 Å². The Labute approximate surface area is 149 Å². The molecule has 0 fully saturated rings. The lowest BCUT2D eigenvalue weighted by molar-refractivity contribution is 0.0313. The second-order valence-corrected chi connectivity index (χ2v) is 5.82. The second-order valence-electron chi connectivity index (χ2n) is 5.82. The standard InChI is InChI=1S/C17H21FN4O4/c1-5-8-26-20-15(23)13-14(21(3)17(25)22(4)16(13)24)19-12-7-6-10(2)9-11(12)18/h6-7,9,19H,5,8H2,1-4H3,(H,20,23). The van der Waals surface area contributed by atoms with Gasteiger partial charge in [0.25, 0.3) is 11.5 Å². The van der Waals surface area contributed by atoms with Crippen molar-refractivity contribution in [2.45, 2.75) is 20.3 Å². The number of rotatable bonds is 6. The van der Waals surface area contributed by atoms with Crippen LogP contribution in [0.3, 0.4) is 0 Å². The largest absolute Gasteiger partial charge is 0.338 e. The Morgan fingerprint density at radius 1 is 1.23 bits per heavy atom. The summed E-state index contributed by atoms with van der Waals surface area (Å²) in [5.74, 6) is -1.53. The van der Waals surface area contributed by atoms with Gasteiger partial charge in [-0.3, -0.25) is 23.6 Å². The zero-order valence-electron chi connectivity index (χ0n) is 15.1. The van der Waals surface area contributed by atoms with Crippen LogP contribution in [0.25, 0.3) is 0 Å². The highest BCUT2D eigenvalue weighted by molar-refractivity contribution is 5.98. The summed E-state index contributed by atoms with van der Waals surface area (Å²) in [7, 11) is 2.63. The van der Waals surface area contributed by atoms with E-state index in [1.165, 1.54) is 26.2 Å². The molecule has 1 amide bonds. The van der Waals surface area contributed by atoms with E-state index in [9.17, 15) is 18.8 Å². The van der Waals surface area contributed by atoms with Gasteiger partial charge in [0.15, 0.2) is 0 Å². The fourth-order valence-electron chi connectivity index (χ4n) is 2.31. The molecular weight excluding hydrogens is 343 g/mol. The summed E-state index contributed by atoms with van der Waals surface area (Å²) in [6.07, 6.45) is 0.658. The molecule has 0 radical (unpaired) electrons. The van der Waals surface area contributed by atoms with Crippen LogP contribution in [0, 0.1) is 12.7 Å². The fraction of sp³-hybridized carbons (Fsp3) is 0.353. The third kappa shape index (κ3) is 3.83. The van der Waals surface area contributed by atoms with Gasteiger partial charge < -0.3 is 5.32 Å². The first kappa shape index (κ1) is 19.4. The summed E-state index contributed by atoms with van der Waals surface area (Å²) in [4.78, 5) is 42.0. The molecule has 8 nitrogen and oxygen atoms in total. The van der Waals surface area contributed by atoms with E-state index < -0.39 is 23.0 Å². The van der Waals surface area contributed by atoms with E-state index >= 15 is 0 Å². The molecule has 1 aromatic heterocycles. The Bertz CT molecular complexity index is 949. The molecule has 2 aromatic rings. The van der Waals surface area contributed by atoms with Crippen LogP contribution in [0.4, 0.5) is 15.9 Å². The Hall–Kier alpha value is -2.94. The monoisotopic (exact) mass is 364 g/mol. The summed E-state index contributed by atoms with van der Waals surface area (Å²) >= 11 is 0.